The molecule has 9 nitrogen and oxygen atoms in total. The molecule has 0 aliphatic carbocycles. The van der Waals surface area contributed by atoms with E-state index in [1.54, 1.807) is 72.8 Å². The number of H-pyrrole nitrogens is 1. The van der Waals surface area contributed by atoms with Gasteiger partial charge in [0.2, 0.25) is 5.91 Å². The van der Waals surface area contributed by atoms with Gasteiger partial charge in [0.15, 0.2) is 0 Å². The number of anilines is 2. The summed E-state index contributed by atoms with van der Waals surface area (Å²) in [7, 11) is 0. The zero-order valence-electron chi connectivity index (χ0n) is 20.2. The highest BCUT2D eigenvalue weighted by Crippen LogP contribution is 2.18. The van der Waals surface area contributed by atoms with Gasteiger partial charge in [-0.15, -0.1) is 0 Å². The summed E-state index contributed by atoms with van der Waals surface area (Å²) >= 11 is 0. The van der Waals surface area contributed by atoms with Crippen LogP contribution in [0.5, 0.6) is 0 Å². The molecule has 0 bridgehead atoms. The number of likely N-dealkylation sites (tertiary alicyclic amines) is 1. The molecule has 4 aromatic rings. The van der Waals surface area contributed by atoms with Gasteiger partial charge in [-0.1, -0.05) is 24.3 Å². The lowest BCUT2D eigenvalue weighted by Crippen LogP contribution is -2.35. The number of nitrogens with zero attached hydrogens (tertiary/aromatic N) is 2. The molecule has 37 heavy (non-hydrogen) atoms. The predicted molar refractivity (Wildman–Crippen MR) is 143 cm³/mol. The van der Waals surface area contributed by atoms with Crippen LogP contribution in [-0.4, -0.2) is 45.9 Å². The van der Waals surface area contributed by atoms with Crippen LogP contribution in [0.1, 0.15) is 29.6 Å². The van der Waals surface area contributed by atoms with Gasteiger partial charge in [-0.05, 0) is 74.5 Å². The Balaban J connectivity index is 1.31. The van der Waals surface area contributed by atoms with Crippen molar-refractivity contribution in [3.05, 3.63) is 99.2 Å². The molecule has 1 aliphatic rings. The number of hydrogen-bond acceptors (Lipinski definition) is 5. The molecule has 2 heterocycles. The maximum atomic E-state index is 13.2. The predicted octanol–water partition coefficient (Wildman–Crippen LogP) is 3.36. The molecule has 9 heteroatoms. The fourth-order valence-electron chi connectivity index (χ4n) is 4.57. The molecule has 0 atom stereocenters. The van der Waals surface area contributed by atoms with Crippen molar-refractivity contribution in [2.45, 2.75) is 19.3 Å². The van der Waals surface area contributed by atoms with Crippen molar-refractivity contribution in [3.63, 3.8) is 0 Å². The van der Waals surface area contributed by atoms with Gasteiger partial charge < -0.3 is 20.5 Å². The average molecular weight is 498 g/mol. The van der Waals surface area contributed by atoms with Gasteiger partial charge in [0.05, 0.1) is 22.2 Å². The summed E-state index contributed by atoms with van der Waals surface area (Å²) in [4.78, 5) is 56.3. The molecule has 5 rings (SSSR count). The highest BCUT2D eigenvalue weighted by Gasteiger charge is 2.17. The Morgan fingerprint density at radius 3 is 2.22 bits per heavy atom. The van der Waals surface area contributed by atoms with Gasteiger partial charge in [-0.2, -0.15) is 0 Å². The Morgan fingerprint density at radius 2 is 1.46 bits per heavy atom. The number of aromatic nitrogens is 2. The standard InChI is InChI=1S/C28H27N5O4/c34-25(15-18-32-16-5-6-17-32)29-19-11-13-20(14-12-19)30-26(35)22-8-2-4-10-24(22)33-27(36)21-7-1-3-9-23(21)31-28(33)37/h1-4,7-14H,5-6,15-18H2,(H,29,34)(H,30,35)(H,31,37). The van der Waals surface area contributed by atoms with E-state index in [-0.39, 0.29) is 17.2 Å². The minimum atomic E-state index is -0.631. The zero-order valence-corrected chi connectivity index (χ0v) is 20.2. The third kappa shape index (κ3) is 5.36. The monoisotopic (exact) mass is 497 g/mol. The molecular weight excluding hydrogens is 470 g/mol. The van der Waals surface area contributed by atoms with Crippen molar-refractivity contribution in [3.8, 4) is 5.69 Å². The largest absolute Gasteiger partial charge is 0.333 e. The van der Waals surface area contributed by atoms with E-state index in [1.165, 1.54) is 12.8 Å². The van der Waals surface area contributed by atoms with E-state index in [1.807, 2.05) is 0 Å². The summed E-state index contributed by atoms with van der Waals surface area (Å²) in [5.41, 5.74) is 0.786. The number of fused-ring (bicyclic) bond motifs is 1. The first-order valence-electron chi connectivity index (χ1n) is 12.3. The second-order valence-electron chi connectivity index (χ2n) is 9.01. The first-order valence-corrected chi connectivity index (χ1v) is 12.3. The number of carbonyl (C=O) groups is 2. The molecule has 2 amide bonds. The van der Waals surface area contributed by atoms with Gasteiger partial charge >= 0.3 is 5.69 Å². The average Bonchev–Trinajstić information content (AvgIpc) is 3.43. The van der Waals surface area contributed by atoms with Crippen LogP contribution in [0, 0.1) is 0 Å². The SMILES string of the molecule is O=C(CCN1CCCC1)Nc1ccc(NC(=O)c2ccccc2-n2c(=O)[nH]c3ccccc3c2=O)cc1. The van der Waals surface area contributed by atoms with Crippen LogP contribution in [0.15, 0.2) is 82.4 Å². The van der Waals surface area contributed by atoms with E-state index in [0.717, 1.165) is 24.2 Å². The second kappa shape index (κ2) is 10.6. The smallest absolute Gasteiger partial charge is 0.326 e. The topological polar surface area (TPSA) is 116 Å². The van der Waals surface area contributed by atoms with E-state index in [2.05, 4.69) is 20.5 Å². The molecule has 1 saturated heterocycles. The van der Waals surface area contributed by atoms with Crippen molar-refractivity contribution < 1.29 is 9.59 Å². The van der Waals surface area contributed by atoms with E-state index in [9.17, 15) is 19.2 Å². The Hall–Kier alpha value is -4.50. The number of nitrogens with one attached hydrogen (secondary N) is 3. The Morgan fingerprint density at radius 1 is 0.811 bits per heavy atom. The van der Waals surface area contributed by atoms with E-state index in [0.29, 0.717) is 28.7 Å². The zero-order chi connectivity index (χ0) is 25.8. The van der Waals surface area contributed by atoms with Crippen molar-refractivity contribution in [2.24, 2.45) is 0 Å². The van der Waals surface area contributed by atoms with Crippen LogP contribution in [0.4, 0.5) is 11.4 Å². The maximum absolute atomic E-state index is 13.2. The van der Waals surface area contributed by atoms with Gasteiger partial charge in [0.1, 0.15) is 0 Å². The van der Waals surface area contributed by atoms with Crippen LogP contribution < -0.4 is 21.9 Å². The number of aromatic amines is 1. The fraction of sp³-hybridized carbons (Fsp3) is 0.214. The summed E-state index contributed by atoms with van der Waals surface area (Å²) in [5, 5.41) is 6.03. The highest BCUT2D eigenvalue weighted by molar-refractivity contribution is 6.07. The summed E-state index contributed by atoms with van der Waals surface area (Å²) in [6, 6.07) is 20.0. The summed E-state index contributed by atoms with van der Waals surface area (Å²) < 4.78 is 0.970. The summed E-state index contributed by atoms with van der Waals surface area (Å²) in [5.74, 6) is -0.527. The van der Waals surface area contributed by atoms with Crippen LogP contribution in [0.2, 0.25) is 0 Å². The number of amides is 2. The number of rotatable bonds is 7. The van der Waals surface area contributed by atoms with Crippen molar-refractivity contribution in [1.82, 2.24) is 14.5 Å². The van der Waals surface area contributed by atoms with Crippen LogP contribution in [0.3, 0.4) is 0 Å². The number of carbonyl (C=O) groups excluding carboxylic acids is 2. The first-order chi connectivity index (χ1) is 18.0. The number of hydrogen-bond donors (Lipinski definition) is 3. The molecule has 0 saturated carbocycles. The van der Waals surface area contributed by atoms with Crippen molar-refractivity contribution in [1.29, 1.82) is 0 Å². The molecule has 1 aromatic heterocycles. The fourth-order valence-corrected chi connectivity index (χ4v) is 4.57. The highest BCUT2D eigenvalue weighted by atomic mass is 16.2. The minimum Gasteiger partial charge on any atom is -0.326 e. The van der Waals surface area contributed by atoms with Crippen LogP contribution in [-0.2, 0) is 4.79 Å². The lowest BCUT2D eigenvalue weighted by molar-refractivity contribution is -0.116. The van der Waals surface area contributed by atoms with Gasteiger partial charge in [-0.25, -0.2) is 9.36 Å². The molecular formula is C28H27N5O4. The lowest BCUT2D eigenvalue weighted by atomic mass is 10.1. The number of para-hydroxylation sites is 2. The van der Waals surface area contributed by atoms with Gasteiger partial charge in [0.25, 0.3) is 11.5 Å². The maximum Gasteiger partial charge on any atom is 0.333 e. The molecule has 0 spiro atoms. The molecule has 0 radical (unpaired) electrons. The number of benzene rings is 3. The Kier molecular flexibility index (Phi) is 6.96. The second-order valence-corrected chi connectivity index (χ2v) is 9.01. The molecule has 3 N–H and O–H groups in total. The lowest BCUT2D eigenvalue weighted by Gasteiger charge is -2.14. The quantitative estimate of drug-likeness (QED) is 0.362. The van der Waals surface area contributed by atoms with Gasteiger partial charge in [-0.3, -0.25) is 14.4 Å². The normalized spacial score (nSPS) is 13.5. The molecule has 1 aliphatic heterocycles. The molecule has 3 aromatic carbocycles. The molecule has 1 fully saturated rings. The van der Waals surface area contributed by atoms with Crippen molar-refractivity contribution in [2.75, 3.05) is 30.3 Å². The molecule has 0 unspecified atom stereocenters. The summed E-state index contributed by atoms with van der Waals surface area (Å²) in [6.45, 7) is 2.85. The Bertz CT molecular complexity index is 1570. The third-order valence-corrected chi connectivity index (χ3v) is 6.48. The molecule has 188 valence electrons. The third-order valence-electron chi connectivity index (χ3n) is 6.48. The van der Waals surface area contributed by atoms with Crippen molar-refractivity contribution >= 4 is 34.1 Å². The summed E-state index contributed by atoms with van der Waals surface area (Å²) in [6.07, 6.45) is 2.81. The van der Waals surface area contributed by atoms with Gasteiger partial charge in [0, 0.05) is 24.3 Å². The minimum absolute atomic E-state index is 0.0522. The van der Waals surface area contributed by atoms with E-state index < -0.39 is 17.2 Å². The van der Waals surface area contributed by atoms with Crippen LogP contribution >= 0.6 is 0 Å². The van der Waals surface area contributed by atoms with E-state index in [4.69, 9.17) is 0 Å². The first kappa shape index (κ1) is 24.2. The van der Waals surface area contributed by atoms with Crippen LogP contribution in [0.25, 0.3) is 16.6 Å². The van der Waals surface area contributed by atoms with E-state index >= 15 is 0 Å². The Labute approximate surface area is 212 Å².